The van der Waals surface area contributed by atoms with Gasteiger partial charge in [0.2, 0.25) is 0 Å². The minimum atomic E-state index is -0.938. The molecule has 0 aliphatic rings. The first-order valence-electron chi connectivity index (χ1n) is 6.60. The van der Waals surface area contributed by atoms with E-state index in [0.717, 1.165) is 13.0 Å². The van der Waals surface area contributed by atoms with Crippen LogP contribution in [0.3, 0.4) is 0 Å². The van der Waals surface area contributed by atoms with Crippen LogP contribution in [0.15, 0.2) is 18.5 Å². The number of carboxylic acids is 1. The summed E-state index contributed by atoms with van der Waals surface area (Å²) in [7, 11) is 0. The molecule has 0 amide bonds. The second-order valence-electron chi connectivity index (χ2n) is 4.52. The molecule has 0 radical (unpaired) electrons. The van der Waals surface area contributed by atoms with Gasteiger partial charge in [-0.15, -0.1) is 0 Å². The molecule has 0 aliphatic carbocycles. The van der Waals surface area contributed by atoms with Crippen molar-refractivity contribution in [3.63, 3.8) is 0 Å². The Morgan fingerprint density at radius 2 is 2.28 bits per heavy atom. The highest BCUT2D eigenvalue weighted by Crippen LogP contribution is 2.17. The lowest BCUT2D eigenvalue weighted by Gasteiger charge is -2.17. The average molecular weight is 250 g/mol. The Balaban J connectivity index is 2.59. The molecule has 0 saturated heterocycles. The molecule has 1 atom stereocenters. The van der Waals surface area contributed by atoms with E-state index in [4.69, 9.17) is 5.11 Å². The molecular formula is C14H22N2O2. The summed E-state index contributed by atoms with van der Waals surface area (Å²) in [5.74, 6) is -0.341. The van der Waals surface area contributed by atoms with Crippen molar-refractivity contribution in [1.82, 2.24) is 4.98 Å². The molecule has 1 aromatic heterocycles. The molecule has 0 fully saturated rings. The highest BCUT2D eigenvalue weighted by atomic mass is 16.4. The maximum atomic E-state index is 11.0. The molecule has 2 N–H and O–H groups in total. The summed E-state index contributed by atoms with van der Waals surface area (Å²) in [6, 6.07) is 1.72. The molecule has 0 spiro atoms. The summed E-state index contributed by atoms with van der Waals surface area (Å²) < 4.78 is 0. The first-order chi connectivity index (χ1) is 8.69. The van der Waals surface area contributed by atoms with Gasteiger partial charge in [-0.25, -0.2) is 4.79 Å². The Bertz CT molecular complexity index is 380. The van der Waals surface area contributed by atoms with Gasteiger partial charge in [0.05, 0.1) is 5.69 Å². The predicted octanol–water partition coefficient (Wildman–Crippen LogP) is 3.41. The van der Waals surface area contributed by atoms with Gasteiger partial charge in [0.1, 0.15) is 5.56 Å². The number of nitrogens with zero attached hydrogens (tertiary/aromatic N) is 1. The highest BCUT2D eigenvalue weighted by Gasteiger charge is 2.11. The topological polar surface area (TPSA) is 62.2 Å². The van der Waals surface area contributed by atoms with Crippen molar-refractivity contribution >= 4 is 11.7 Å². The van der Waals surface area contributed by atoms with Crippen LogP contribution in [-0.4, -0.2) is 22.6 Å². The Morgan fingerprint density at radius 3 is 2.89 bits per heavy atom. The van der Waals surface area contributed by atoms with Gasteiger partial charge in [-0.3, -0.25) is 4.98 Å². The summed E-state index contributed by atoms with van der Waals surface area (Å²) in [5.41, 5.74) is 0.898. The van der Waals surface area contributed by atoms with Gasteiger partial charge >= 0.3 is 5.97 Å². The number of hydrogen-bond donors (Lipinski definition) is 2. The highest BCUT2D eigenvalue weighted by molar-refractivity contribution is 5.93. The smallest absolute Gasteiger partial charge is 0.339 e. The van der Waals surface area contributed by atoms with Crippen LogP contribution >= 0.6 is 0 Å². The lowest BCUT2D eigenvalue weighted by Crippen LogP contribution is -2.15. The number of aromatic carboxylic acids is 1. The van der Waals surface area contributed by atoms with Gasteiger partial charge < -0.3 is 10.4 Å². The minimum Gasteiger partial charge on any atom is -0.478 e. The molecule has 1 heterocycles. The number of nitrogens with one attached hydrogen (secondary N) is 1. The molecule has 1 unspecified atom stereocenters. The summed E-state index contributed by atoms with van der Waals surface area (Å²) in [6.45, 7) is 5.18. The number of anilines is 1. The van der Waals surface area contributed by atoms with Crippen molar-refractivity contribution in [1.29, 1.82) is 0 Å². The molecule has 4 nitrogen and oxygen atoms in total. The van der Waals surface area contributed by atoms with E-state index in [1.807, 2.05) is 0 Å². The van der Waals surface area contributed by atoms with Crippen molar-refractivity contribution < 1.29 is 9.90 Å². The van der Waals surface area contributed by atoms with E-state index in [0.29, 0.717) is 11.6 Å². The van der Waals surface area contributed by atoms with E-state index in [2.05, 4.69) is 24.1 Å². The van der Waals surface area contributed by atoms with Gasteiger partial charge in [-0.05, 0) is 18.4 Å². The van der Waals surface area contributed by atoms with Crippen LogP contribution in [0.25, 0.3) is 0 Å². The van der Waals surface area contributed by atoms with Crippen molar-refractivity contribution in [3.05, 3.63) is 24.0 Å². The number of aromatic nitrogens is 1. The van der Waals surface area contributed by atoms with Gasteiger partial charge in [0.25, 0.3) is 0 Å². The van der Waals surface area contributed by atoms with E-state index in [1.54, 1.807) is 12.3 Å². The quantitative estimate of drug-likeness (QED) is 0.742. The zero-order valence-corrected chi connectivity index (χ0v) is 11.1. The van der Waals surface area contributed by atoms with Crippen LogP contribution in [0.1, 0.15) is 49.9 Å². The van der Waals surface area contributed by atoms with Crippen molar-refractivity contribution in [2.24, 2.45) is 5.92 Å². The lowest BCUT2D eigenvalue weighted by atomic mass is 9.99. The summed E-state index contributed by atoms with van der Waals surface area (Å²) in [5, 5.41) is 12.3. The molecule has 0 aliphatic heterocycles. The van der Waals surface area contributed by atoms with Crippen molar-refractivity contribution in [2.75, 3.05) is 11.9 Å². The molecule has 0 saturated carbocycles. The first kappa shape index (κ1) is 14.5. The summed E-state index contributed by atoms with van der Waals surface area (Å²) in [6.07, 6.45) is 7.72. The number of hydrogen-bond acceptors (Lipinski definition) is 3. The molecule has 100 valence electrons. The van der Waals surface area contributed by atoms with Gasteiger partial charge in [-0.2, -0.15) is 0 Å². The van der Waals surface area contributed by atoms with E-state index in [9.17, 15) is 4.79 Å². The fraction of sp³-hybridized carbons (Fsp3) is 0.571. The monoisotopic (exact) mass is 250 g/mol. The molecular weight excluding hydrogens is 228 g/mol. The number of carboxylic acid groups (broad SMARTS) is 1. The number of rotatable bonds is 8. The fourth-order valence-corrected chi connectivity index (χ4v) is 1.92. The fourth-order valence-electron chi connectivity index (χ4n) is 1.92. The second-order valence-corrected chi connectivity index (χ2v) is 4.52. The van der Waals surface area contributed by atoms with E-state index in [-0.39, 0.29) is 5.56 Å². The van der Waals surface area contributed by atoms with Crippen molar-refractivity contribution in [2.45, 2.75) is 39.5 Å². The van der Waals surface area contributed by atoms with Crippen LogP contribution in [0.2, 0.25) is 0 Å². The third-order valence-electron chi connectivity index (χ3n) is 3.18. The Hall–Kier alpha value is -1.58. The Kier molecular flexibility index (Phi) is 6.19. The number of carbonyl (C=O) groups is 1. The zero-order chi connectivity index (χ0) is 13.4. The maximum absolute atomic E-state index is 11.0. The third kappa shape index (κ3) is 4.35. The SMILES string of the molecule is CCCCC(CC)CNc1ccncc1C(=O)O. The molecule has 1 rings (SSSR count). The molecule has 0 bridgehead atoms. The maximum Gasteiger partial charge on any atom is 0.339 e. The van der Waals surface area contributed by atoms with Crippen LogP contribution < -0.4 is 5.32 Å². The second kappa shape index (κ2) is 7.69. The minimum absolute atomic E-state index is 0.239. The standard InChI is InChI=1S/C14H22N2O2/c1-3-5-6-11(4-2)9-16-13-7-8-15-10-12(13)14(17)18/h7-8,10-11H,3-6,9H2,1-2H3,(H,15,16)(H,17,18). The summed E-state index contributed by atoms with van der Waals surface area (Å²) in [4.78, 5) is 14.9. The zero-order valence-electron chi connectivity index (χ0n) is 11.1. The van der Waals surface area contributed by atoms with E-state index >= 15 is 0 Å². The molecule has 0 aromatic carbocycles. The Labute approximate surface area is 108 Å². The first-order valence-corrected chi connectivity index (χ1v) is 6.60. The van der Waals surface area contributed by atoms with Crippen LogP contribution in [0.4, 0.5) is 5.69 Å². The predicted molar refractivity (Wildman–Crippen MR) is 73.0 cm³/mol. The molecule has 1 aromatic rings. The number of unbranched alkanes of at least 4 members (excludes halogenated alkanes) is 1. The van der Waals surface area contributed by atoms with E-state index < -0.39 is 5.97 Å². The average Bonchev–Trinajstić information content (AvgIpc) is 2.39. The number of pyridine rings is 1. The third-order valence-corrected chi connectivity index (χ3v) is 3.18. The van der Waals surface area contributed by atoms with E-state index in [1.165, 1.54) is 25.5 Å². The van der Waals surface area contributed by atoms with Crippen LogP contribution in [-0.2, 0) is 0 Å². The van der Waals surface area contributed by atoms with Crippen LogP contribution in [0.5, 0.6) is 0 Å². The molecule has 4 heteroatoms. The largest absolute Gasteiger partial charge is 0.478 e. The van der Waals surface area contributed by atoms with Gasteiger partial charge in [0, 0.05) is 18.9 Å². The lowest BCUT2D eigenvalue weighted by molar-refractivity contribution is 0.0697. The normalized spacial score (nSPS) is 12.1. The van der Waals surface area contributed by atoms with Crippen LogP contribution in [0, 0.1) is 5.92 Å². The molecule has 18 heavy (non-hydrogen) atoms. The summed E-state index contributed by atoms with van der Waals surface area (Å²) >= 11 is 0. The Morgan fingerprint density at radius 1 is 1.50 bits per heavy atom. The van der Waals surface area contributed by atoms with Gasteiger partial charge in [-0.1, -0.05) is 33.1 Å². The van der Waals surface area contributed by atoms with Crippen molar-refractivity contribution in [3.8, 4) is 0 Å². The van der Waals surface area contributed by atoms with Gasteiger partial charge in [0.15, 0.2) is 0 Å².